The van der Waals surface area contributed by atoms with Crippen molar-refractivity contribution in [2.75, 3.05) is 0 Å². The molecule has 0 aliphatic heterocycles. The van der Waals surface area contributed by atoms with Gasteiger partial charge in [0.25, 0.3) is 5.78 Å². The van der Waals surface area contributed by atoms with Crippen LogP contribution in [0.25, 0.3) is 0 Å². The monoisotopic (exact) mass is 161 g/mol. The fourth-order valence-electron chi connectivity index (χ4n) is 0.654. The van der Waals surface area contributed by atoms with E-state index in [4.69, 9.17) is 5.26 Å². The highest BCUT2D eigenvalue weighted by atomic mass is 16.1. The van der Waals surface area contributed by atoms with Crippen LogP contribution in [-0.2, 0) is 0 Å². The number of hydrogen-bond donors (Lipinski definition) is 0. The third-order valence-corrected chi connectivity index (χ3v) is 1.14. The van der Waals surface area contributed by atoms with Crippen LogP contribution in [0.2, 0.25) is 0 Å². The number of nitrogens with zero attached hydrogens (tertiary/aromatic N) is 1. The summed E-state index contributed by atoms with van der Waals surface area (Å²) in [5.74, 6) is -0.486. The number of carbonyl (C=O) groups excluding carboxylic acids is 1. The van der Waals surface area contributed by atoms with E-state index >= 15 is 0 Å². The van der Waals surface area contributed by atoms with Crippen LogP contribution in [0.5, 0.6) is 0 Å². The number of nitriles is 1. The van der Waals surface area contributed by atoms with E-state index < -0.39 is 5.78 Å². The molecule has 1 aromatic carbocycles. The van der Waals surface area contributed by atoms with Crippen molar-refractivity contribution in [3.63, 3.8) is 0 Å². The number of hydrogen-bond acceptors (Lipinski definition) is 2. The summed E-state index contributed by atoms with van der Waals surface area (Å²) in [5, 5.41) is 8.19. The predicted molar refractivity (Wildman–Crippen MR) is 47.7 cm³/mol. The van der Waals surface area contributed by atoms with Crippen molar-refractivity contribution < 1.29 is 4.79 Å². The van der Waals surface area contributed by atoms with Crippen molar-refractivity contribution in [2.45, 2.75) is 13.8 Å². The highest BCUT2D eigenvalue weighted by Gasteiger charge is 1.99. The summed E-state index contributed by atoms with van der Waals surface area (Å²) in [5.41, 5.74) is 0.449. The van der Waals surface area contributed by atoms with Gasteiger partial charge in [-0.3, -0.25) is 4.79 Å². The second-order valence-electron chi connectivity index (χ2n) is 1.81. The van der Waals surface area contributed by atoms with E-state index in [0.717, 1.165) is 0 Å². The third kappa shape index (κ3) is 2.98. The second kappa shape index (κ2) is 6.11. The third-order valence-electron chi connectivity index (χ3n) is 1.14. The van der Waals surface area contributed by atoms with E-state index in [1.807, 2.05) is 13.8 Å². The molecule has 0 unspecified atom stereocenters. The Labute approximate surface area is 72.5 Å². The quantitative estimate of drug-likeness (QED) is 0.468. The van der Waals surface area contributed by atoms with E-state index in [-0.39, 0.29) is 0 Å². The molecule has 0 aliphatic rings. The Bertz CT molecular complexity index is 272. The first-order chi connectivity index (χ1) is 5.84. The van der Waals surface area contributed by atoms with Gasteiger partial charge in [0.1, 0.15) is 6.07 Å². The molecule has 0 spiro atoms. The molecule has 0 atom stereocenters. The molecule has 0 aromatic heterocycles. The number of rotatable bonds is 1. The smallest absolute Gasteiger partial charge is 0.262 e. The van der Waals surface area contributed by atoms with Gasteiger partial charge in [-0.05, 0) is 0 Å². The maximum Gasteiger partial charge on any atom is 0.262 e. The number of ketones is 1. The molecular weight excluding hydrogens is 150 g/mol. The summed E-state index contributed by atoms with van der Waals surface area (Å²) in [7, 11) is 0. The second-order valence-corrected chi connectivity index (χ2v) is 1.81. The normalized spacial score (nSPS) is 7.42. The number of Topliss-reactive ketones (excluding diaryl/α,β-unsaturated/α-hetero) is 1. The molecule has 0 saturated carbocycles. The zero-order valence-electron chi connectivity index (χ0n) is 7.24. The molecule has 0 saturated heterocycles. The molecule has 0 N–H and O–H groups in total. The minimum atomic E-state index is -0.486. The van der Waals surface area contributed by atoms with Crippen LogP contribution in [0.3, 0.4) is 0 Å². The Kier molecular flexibility index (Phi) is 5.29. The Morgan fingerprint density at radius 1 is 1.25 bits per heavy atom. The van der Waals surface area contributed by atoms with Crippen LogP contribution in [0.4, 0.5) is 0 Å². The van der Waals surface area contributed by atoms with Crippen LogP contribution in [0, 0.1) is 11.3 Å². The predicted octanol–water partition coefficient (Wildman–Crippen LogP) is 2.42. The van der Waals surface area contributed by atoms with Crippen molar-refractivity contribution in [2.24, 2.45) is 0 Å². The first kappa shape index (κ1) is 10.4. The lowest BCUT2D eigenvalue weighted by Crippen LogP contribution is -1.91. The van der Waals surface area contributed by atoms with E-state index in [9.17, 15) is 4.79 Å². The molecule has 0 bridgehead atoms. The van der Waals surface area contributed by atoms with Crippen molar-refractivity contribution in [3.8, 4) is 6.07 Å². The molecule has 0 radical (unpaired) electrons. The zero-order chi connectivity index (χ0) is 9.40. The van der Waals surface area contributed by atoms with Gasteiger partial charge in [0, 0.05) is 5.56 Å². The zero-order valence-corrected chi connectivity index (χ0v) is 7.24. The number of carbonyl (C=O) groups is 1. The molecule has 62 valence electrons. The van der Waals surface area contributed by atoms with E-state index in [0.29, 0.717) is 5.56 Å². The fraction of sp³-hybridized carbons (Fsp3) is 0.200. The summed E-state index contributed by atoms with van der Waals surface area (Å²) in [6, 6.07) is 10.0. The minimum absolute atomic E-state index is 0.449. The van der Waals surface area contributed by atoms with Crippen LogP contribution in [0.1, 0.15) is 24.2 Å². The fourth-order valence-corrected chi connectivity index (χ4v) is 0.654. The maximum absolute atomic E-state index is 10.7. The highest BCUT2D eigenvalue weighted by Crippen LogP contribution is 1.97. The first-order valence-electron chi connectivity index (χ1n) is 3.84. The Morgan fingerprint density at radius 2 is 1.75 bits per heavy atom. The topological polar surface area (TPSA) is 40.9 Å². The summed E-state index contributed by atoms with van der Waals surface area (Å²) < 4.78 is 0. The van der Waals surface area contributed by atoms with Crippen molar-refractivity contribution >= 4 is 5.78 Å². The highest BCUT2D eigenvalue weighted by molar-refractivity contribution is 6.07. The van der Waals surface area contributed by atoms with Gasteiger partial charge in [-0.2, -0.15) is 5.26 Å². The summed E-state index contributed by atoms with van der Waals surface area (Å²) in [6.07, 6.45) is 0. The molecule has 12 heavy (non-hydrogen) atoms. The van der Waals surface area contributed by atoms with Crippen molar-refractivity contribution in [3.05, 3.63) is 35.9 Å². The van der Waals surface area contributed by atoms with Crippen molar-refractivity contribution in [1.82, 2.24) is 0 Å². The van der Waals surface area contributed by atoms with Gasteiger partial charge in [-0.1, -0.05) is 44.2 Å². The summed E-state index contributed by atoms with van der Waals surface area (Å²) >= 11 is 0. The standard InChI is InChI=1S/C8H5NO.C2H6/c9-6-8(10)7-4-2-1-3-5-7;1-2/h1-5H;1-2H3. The van der Waals surface area contributed by atoms with Gasteiger partial charge in [-0.15, -0.1) is 0 Å². The van der Waals surface area contributed by atoms with Gasteiger partial charge in [0.05, 0.1) is 0 Å². The lowest BCUT2D eigenvalue weighted by Gasteiger charge is -1.87. The minimum Gasteiger partial charge on any atom is -0.277 e. The van der Waals surface area contributed by atoms with Crippen LogP contribution in [0.15, 0.2) is 30.3 Å². The summed E-state index contributed by atoms with van der Waals surface area (Å²) in [4.78, 5) is 10.7. The molecule has 0 amide bonds. The average molecular weight is 161 g/mol. The van der Waals surface area contributed by atoms with E-state index in [2.05, 4.69) is 0 Å². The lowest BCUT2D eigenvalue weighted by molar-refractivity contribution is 0.105. The molecule has 2 heteroatoms. The molecule has 0 fully saturated rings. The lowest BCUT2D eigenvalue weighted by atomic mass is 10.1. The van der Waals surface area contributed by atoms with Crippen LogP contribution >= 0.6 is 0 Å². The summed E-state index contributed by atoms with van der Waals surface area (Å²) in [6.45, 7) is 4.00. The Morgan fingerprint density at radius 3 is 2.17 bits per heavy atom. The van der Waals surface area contributed by atoms with Crippen LogP contribution < -0.4 is 0 Å². The molecule has 1 rings (SSSR count). The van der Waals surface area contributed by atoms with Gasteiger partial charge in [0.2, 0.25) is 0 Å². The molecular formula is C10H11NO. The van der Waals surface area contributed by atoms with E-state index in [1.54, 1.807) is 36.4 Å². The SMILES string of the molecule is CC.N#CC(=O)c1ccccc1. The van der Waals surface area contributed by atoms with Gasteiger partial charge in [-0.25, -0.2) is 0 Å². The molecule has 0 aliphatic carbocycles. The Balaban J connectivity index is 0.000000561. The molecule has 0 heterocycles. The molecule has 1 aromatic rings. The molecule has 2 nitrogen and oxygen atoms in total. The van der Waals surface area contributed by atoms with Gasteiger partial charge in [0.15, 0.2) is 0 Å². The average Bonchev–Trinajstić information content (AvgIpc) is 2.21. The first-order valence-corrected chi connectivity index (χ1v) is 3.84. The van der Waals surface area contributed by atoms with Crippen molar-refractivity contribution in [1.29, 1.82) is 5.26 Å². The van der Waals surface area contributed by atoms with Crippen LogP contribution in [-0.4, -0.2) is 5.78 Å². The maximum atomic E-state index is 10.7. The Hall–Kier alpha value is -1.62. The van der Waals surface area contributed by atoms with Gasteiger partial charge >= 0.3 is 0 Å². The van der Waals surface area contributed by atoms with E-state index in [1.165, 1.54) is 0 Å². The largest absolute Gasteiger partial charge is 0.277 e. The number of benzene rings is 1. The van der Waals surface area contributed by atoms with Gasteiger partial charge < -0.3 is 0 Å².